The van der Waals surface area contributed by atoms with Crippen molar-refractivity contribution in [2.45, 2.75) is 31.0 Å². The van der Waals surface area contributed by atoms with E-state index in [-0.39, 0.29) is 12.7 Å². The number of hydrogen-bond donors (Lipinski definition) is 1. The molecule has 1 saturated heterocycles. The lowest BCUT2D eigenvalue weighted by atomic mass is 10.0. The summed E-state index contributed by atoms with van der Waals surface area (Å²) >= 11 is 0. The molecule has 1 N–H and O–H groups in total. The van der Waals surface area contributed by atoms with Gasteiger partial charge in [-0.05, 0) is 0 Å². The van der Waals surface area contributed by atoms with Crippen LogP contribution in [0.1, 0.15) is 6.42 Å². The maximum Gasteiger partial charge on any atom is 0.397 e. The van der Waals surface area contributed by atoms with Gasteiger partial charge in [0.25, 0.3) is 0 Å². The molecule has 1 rings (SSSR count). The van der Waals surface area contributed by atoms with Gasteiger partial charge in [-0.3, -0.25) is 4.55 Å². The van der Waals surface area contributed by atoms with E-state index in [1.807, 2.05) is 0 Å². The molecule has 0 saturated carbocycles. The fourth-order valence-electron chi connectivity index (χ4n) is 1.84. The van der Waals surface area contributed by atoms with Gasteiger partial charge in [0.05, 0.1) is 18.8 Å². The van der Waals surface area contributed by atoms with Crippen LogP contribution in [0.15, 0.2) is 0 Å². The summed E-state index contributed by atoms with van der Waals surface area (Å²) in [6.07, 6.45) is -1.63. The fourth-order valence-corrected chi connectivity index (χ4v) is 2.17. The molecule has 0 aromatic heterocycles. The molecule has 0 spiro atoms. The van der Waals surface area contributed by atoms with Gasteiger partial charge in [0, 0.05) is 27.8 Å². The first kappa shape index (κ1) is 15.8. The minimum Gasteiger partial charge on any atom is -0.378 e. The summed E-state index contributed by atoms with van der Waals surface area (Å²) in [5.41, 5.74) is 0. The molecule has 1 aliphatic heterocycles. The Morgan fingerprint density at radius 2 is 1.89 bits per heavy atom. The van der Waals surface area contributed by atoms with Gasteiger partial charge in [0.1, 0.15) is 6.10 Å². The fraction of sp³-hybridized carbons (Fsp3) is 1.00. The van der Waals surface area contributed by atoms with Gasteiger partial charge in [0.2, 0.25) is 0 Å². The zero-order chi connectivity index (χ0) is 13.8. The second kappa shape index (κ2) is 6.75. The molecule has 108 valence electrons. The molecule has 0 aliphatic carbocycles. The predicted molar refractivity (Wildman–Crippen MR) is 59.4 cm³/mol. The van der Waals surface area contributed by atoms with Crippen molar-refractivity contribution in [1.29, 1.82) is 0 Å². The van der Waals surface area contributed by atoms with E-state index in [4.69, 9.17) is 23.5 Å². The van der Waals surface area contributed by atoms with Crippen molar-refractivity contribution in [2.75, 3.05) is 27.9 Å². The Labute approximate surface area is 106 Å². The summed E-state index contributed by atoms with van der Waals surface area (Å²) in [4.78, 5) is 0. The molecular weight excluding hydrogens is 268 g/mol. The smallest absolute Gasteiger partial charge is 0.378 e. The molecule has 0 aromatic rings. The minimum absolute atomic E-state index is 0.311. The van der Waals surface area contributed by atoms with E-state index >= 15 is 0 Å². The van der Waals surface area contributed by atoms with Gasteiger partial charge < -0.3 is 18.9 Å². The average molecular weight is 286 g/mol. The van der Waals surface area contributed by atoms with E-state index in [1.165, 1.54) is 21.3 Å². The third-order valence-corrected chi connectivity index (χ3v) is 3.10. The third kappa shape index (κ3) is 4.43. The Morgan fingerprint density at radius 3 is 2.33 bits per heavy atom. The molecule has 8 nitrogen and oxygen atoms in total. The van der Waals surface area contributed by atoms with Gasteiger partial charge in [-0.25, -0.2) is 4.18 Å². The molecule has 1 heterocycles. The van der Waals surface area contributed by atoms with Crippen LogP contribution in [-0.2, 0) is 33.5 Å². The minimum atomic E-state index is -4.48. The van der Waals surface area contributed by atoms with Crippen molar-refractivity contribution in [3.8, 4) is 0 Å². The van der Waals surface area contributed by atoms with Crippen molar-refractivity contribution < 1.29 is 36.1 Å². The average Bonchev–Trinajstić information content (AvgIpc) is 2.33. The zero-order valence-corrected chi connectivity index (χ0v) is 11.3. The van der Waals surface area contributed by atoms with Crippen molar-refractivity contribution in [1.82, 2.24) is 0 Å². The molecule has 1 aliphatic rings. The van der Waals surface area contributed by atoms with Crippen LogP contribution in [0.4, 0.5) is 0 Å². The van der Waals surface area contributed by atoms with Crippen LogP contribution in [-0.4, -0.2) is 65.5 Å². The number of methoxy groups -OCH3 is 3. The van der Waals surface area contributed by atoms with Crippen LogP contribution >= 0.6 is 0 Å². The lowest BCUT2D eigenvalue weighted by Gasteiger charge is -2.39. The molecule has 0 aromatic carbocycles. The van der Waals surface area contributed by atoms with Gasteiger partial charge in [-0.1, -0.05) is 0 Å². The highest BCUT2D eigenvalue weighted by Crippen LogP contribution is 2.25. The van der Waals surface area contributed by atoms with Crippen LogP contribution in [0.25, 0.3) is 0 Å². The van der Waals surface area contributed by atoms with Gasteiger partial charge in [-0.2, -0.15) is 8.42 Å². The summed E-state index contributed by atoms with van der Waals surface area (Å²) in [6, 6.07) is 0. The van der Waals surface area contributed by atoms with Gasteiger partial charge in [0.15, 0.2) is 6.29 Å². The Kier molecular flexibility index (Phi) is 5.92. The highest BCUT2D eigenvalue weighted by atomic mass is 32.3. The van der Waals surface area contributed by atoms with Crippen LogP contribution in [0, 0.1) is 0 Å². The Balaban J connectivity index is 2.62. The Hall–Kier alpha value is -0.290. The molecule has 0 amide bonds. The molecule has 4 atom stereocenters. The normalized spacial score (nSPS) is 33.6. The molecule has 3 unspecified atom stereocenters. The van der Waals surface area contributed by atoms with E-state index in [2.05, 4.69) is 4.18 Å². The molecule has 0 bridgehead atoms. The molecule has 0 radical (unpaired) electrons. The lowest BCUT2D eigenvalue weighted by molar-refractivity contribution is -0.270. The monoisotopic (exact) mass is 286 g/mol. The highest BCUT2D eigenvalue weighted by Gasteiger charge is 2.40. The number of rotatable bonds is 6. The van der Waals surface area contributed by atoms with Gasteiger partial charge >= 0.3 is 10.4 Å². The van der Waals surface area contributed by atoms with Crippen LogP contribution < -0.4 is 0 Å². The second-order valence-electron chi connectivity index (χ2n) is 3.78. The van der Waals surface area contributed by atoms with Crippen LogP contribution in [0.2, 0.25) is 0 Å². The standard InChI is InChI=1S/C9H18O8S/c1-13-7-4-6(5-16-18(10,11)12)17-9(15-3)8(7)14-2/h6-9H,4-5H2,1-3H3,(H,10,11,12)/t6?,7?,8?,9-/m0/s1. The van der Waals surface area contributed by atoms with Crippen molar-refractivity contribution >= 4 is 10.4 Å². The van der Waals surface area contributed by atoms with Crippen molar-refractivity contribution in [3.05, 3.63) is 0 Å². The maximum atomic E-state index is 10.5. The SMILES string of the molecule is COC1CC(COS(=O)(=O)O)O[C@H](OC)C1OC. The quantitative estimate of drug-likeness (QED) is 0.658. The van der Waals surface area contributed by atoms with E-state index < -0.39 is 28.9 Å². The molecule has 18 heavy (non-hydrogen) atoms. The molecule has 1 fully saturated rings. The van der Waals surface area contributed by atoms with E-state index in [0.29, 0.717) is 6.42 Å². The molecular formula is C9H18O8S. The first-order valence-electron chi connectivity index (χ1n) is 5.27. The summed E-state index contributed by atoms with van der Waals surface area (Å²) in [5, 5.41) is 0. The maximum absolute atomic E-state index is 10.5. The first-order chi connectivity index (χ1) is 8.41. The summed E-state index contributed by atoms with van der Waals surface area (Å²) in [5.74, 6) is 0. The van der Waals surface area contributed by atoms with Crippen LogP contribution in [0.3, 0.4) is 0 Å². The van der Waals surface area contributed by atoms with Crippen LogP contribution in [0.5, 0.6) is 0 Å². The van der Waals surface area contributed by atoms with Gasteiger partial charge in [-0.15, -0.1) is 0 Å². The predicted octanol–water partition coefficient (Wildman–Crippen LogP) is -0.403. The largest absolute Gasteiger partial charge is 0.397 e. The third-order valence-electron chi connectivity index (χ3n) is 2.67. The number of ether oxygens (including phenoxy) is 4. The number of hydrogen-bond acceptors (Lipinski definition) is 7. The summed E-state index contributed by atoms with van der Waals surface area (Å²) in [6.45, 7) is -0.311. The molecule has 9 heteroatoms. The van der Waals surface area contributed by atoms with E-state index in [1.54, 1.807) is 0 Å². The van der Waals surface area contributed by atoms with Crippen molar-refractivity contribution in [2.24, 2.45) is 0 Å². The van der Waals surface area contributed by atoms with Crippen molar-refractivity contribution in [3.63, 3.8) is 0 Å². The highest BCUT2D eigenvalue weighted by molar-refractivity contribution is 7.80. The Morgan fingerprint density at radius 1 is 1.22 bits per heavy atom. The second-order valence-corrected chi connectivity index (χ2v) is 4.88. The summed E-state index contributed by atoms with van der Waals surface area (Å²) < 4.78 is 54.7. The zero-order valence-electron chi connectivity index (χ0n) is 10.4. The topological polar surface area (TPSA) is 101 Å². The van der Waals surface area contributed by atoms with E-state index in [0.717, 1.165) is 0 Å². The lowest BCUT2D eigenvalue weighted by Crippen LogP contribution is -2.51. The first-order valence-corrected chi connectivity index (χ1v) is 6.63. The van der Waals surface area contributed by atoms with E-state index in [9.17, 15) is 8.42 Å². The summed E-state index contributed by atoms with van der Waals surface area (Å²) in [7, 11) is -0.0335. The Bertz CT molecular complexity index is 328.